The Hall–Kier alpha value is -2.49. The average Bonchev–Trinajstić information content (AvgIpc) is 2.72. The minimum atomic E-state index is -4.51. The first-order chi connectivity index (χ1) is 14.7. The van der Waals surface area contributed by atoms with Crippen LogP contribution in [0, 0.1) is 0 Å². The van der Waals surface area contributed by atoms with E-state index >= 15 is 0 Å². The van der Waals surface area contributed by atoms with E-state index in [2.05, 4.69) is 13.8 Å². The molecule has 0 bridgehead atoms. The summed E-state index contributed by atoms with van der Waals surface area (Å²) in [5.74, 6) is -1.32. The van der Waals surface area contributed by atoms with Gasteiger partial charge in [0, 0.05) is 20.4 Å². The number of hydrogen-bond donors (Lipinski definition) is 0. The topological polar surface area (TPSA) is 46.6 Å². The second-order valence-electron chi connectivity index (χ2n) is 7.09. The largest absolute Gasteiger partial charge is 0.416 e. The molecule has 0 fully saturated rings. The SMILES string of the molecule is CC(C)Sc1ccc2c3c(cccc13)C(=O)N(OSc1cccc(C(F)(F)F)c1)C2=O. The fourth-order valence-electron chi connectivity index (χ4n) is 3.28. The van der Waals surface area contributed by atoms with Crippen molar-refractivity contribution in [3.63, 3.8) is 0 Å². The van der Waals surface area contributed by atoms with E-state index in [9.17, 15) is 22.8 Å². The van der Waals surface area contributed by atoms with Gasteiger partial charge in [-0.15, -0.1) is 16.8 Å². The van der Waals surface area contributed by atoms with Crippen molar-refractivity contribution in [1.29, 1.82) is 0 Å². The summed E-state index contributed by atoms with van der Waals surface area (Å²) in [4.78, 5) is 27.0. The minimum Gasteiger partial charge on any atom is -0.266 e. The molecule has 1 aliphatic heterocycles. The van der Waals surface area contributed by atoms with Crippen molar-refractivity contribution >= 4 is 46.4 Å². The van der Waals surface area contributed by atoms with Gasteiger partial charge in [-0.05, 0) is 41.8 Å². The number of benzene rings is 3. The summed E-state index contributed by atoms with van der Waals surface area (Å²) >= 11 is 2.15. The van der Waals surface area contributed by atoms with Gasteiger partial charge in [0.15, 0.2) is 0 Å². The molecule has 31 heavy (non-hydrogen) atoms. The van der Waals surface area contributed by atoms with E-state index in [1.165, 1.54) is 12.1 Å². The Kier molecular flexibility index (Phi) is 5.76. The first-order valence-corrected chi connectivity index (χ1v) is 10.9. The third-order valence-electron chi connectivity index (χ3n) is 4.56. The summed E-state index contributed by atoms with van der Waals surface area (Å²) < 4.78 is 44.1. The molecule has 0 radical (unpaired) electrons. The number of carbonyl (C=O) groups is 2. The van der Waals surface area contributed by atoms with Gasteiger partial charge in [-0.3, -0.25) is 9.59 Å². The van der Waals surface area contributed by atoms with E-state index < -0.39 is 23.6 Å². The van der Waals surface area contributed by atoms with Crippen molar-refractivity contribution < 1.29 is 27.0 Å². The number of amides is 2. The molecule has 9 heteroatoms. The van der Waals surface area contributed by atoms with Crippen LogP contribution in [-0.4, -0.2) is 22.1 Å². The number of imide groups is 1. The van der Waals surface area contributed by atoms with Gasteiger partial charge in [-0.25, -0.2) is 0 Å². The molecule has 3 aromatic rings. The van der Waals surface area contributed by atoms with Gasteiger partial charge in [0.1, 0.15) is 0 Å². The quantitative estimate of drug-likeness (QED) is 0.243. The van der Waals surface area contributed by atoms with Crippen molar-refractivity contribution in [2.75, 3.05) is 0 Å². The van der Waals surface area contributed by atoms with Crippen molar-refractivity contribution in [2.45, 2.75) is 35.1 Å². The van der Waals surface area contributed by atoms with Crippen LogP contribution in [0.15, 0.2) is 64.4 Å². The van der Waals surface area contributed by atoms with Gasteiger partial charge in [0.25, 0.3) is 11.8 Å². The molecule has 0 spiro atoms. The van der Waals surface area contributed by atoms with Crippen molar-refractivity contribution in [1.82, 2.24) is 5.06 Å². The Morgan fingerprint density at radius 2 is 1.61 bits per heavy atom. The number of hydroxylamine groups is 2. The van der Waals surface area contributed by atoms with Crippen LogP contribution >= 0.6 is 23.8 Å². The summed E-state index contributed by atoms with van der Waals surface area (Å²) in [5, 5.41) is 2.28. The fourth-order valence-corrected chi connectivity index (χ4v) is 4.83. The summed E-state index contributed by atoms with van der Waals surface area (Å²) in [6.45, 7) is 4.11. The number of nitrogens with zero attached hydrogens (tertiary/aromatic N) is 1. The first-order valence-electron chi connectivity index (χ1n) is 9.30. The molecule has 0 N–H and O–H groups in total. The molecule has 3 aromatic carbocycles. The van der Waals surface area contributed by atoms with Gasteiger partial charge in [-0.1, -0.05) is 32.0 Å². The molecule has 160 valence electrons. The van der Waals surface area contributed by atoms with Crippen molar-refractivity contribution in [3.8, 4) is 0 Å². The number of carbonyl (C=O) groups excluding carboxylic acids is 2. The molecule has 0 unspecified atom stereocenters. The number of halogens is 3. The normalized spacial score (nSPS) is 14.1. The van der Waals surface area contributed by atoms with Gasteiger partial charge < -0.3 is 0 Å². The van der Waals surface area contributed by atoms with E-state index in [-0.39, 0.29) is 4.90 Å². The Morgan fingerprint density at radius 1 is 0.935 bits per heavy atom. The maximum absolute atomic E-state index is 13.0. The molecule has 2 amide bonds. The lowest BCUT2D eigenvalue weighted by Gasteiger charge is -2.26. The highest BCUT2D eigenvalue weighted by molar-refractivity contribution is 8.00. The molecule has 0 aromatic heterocycles. The van der Waals surface area contributed by atoms with Crippen LogP contribution in [0.3, 0.4) is 0 Å². The van der Waals surface area contributed by atoms with E-state index in [0.717, 1.165) is 22.4 Å². The molecule has 0 atom stereocenters. The van der Waals surface area contributed by atoms with E-state index in [1.807, 2.05) is 12.1 Å². The van der Waals surface area contributed by atoms with E-state index in [4.69, 9.17) is 4.28 Å². The van der Waals surface area contributed by atoms with Gasteiger partial charge >= 0.3 is 6.18 Å². The van der Waals surface area contributed by atoms with Crippen LogP contribution in [0.4, 0.5) is 13.2 Å². The molecular formula is C22H16F3NO3S2. The summed E-state index contributed by atoms with van der Waals surface area (Å²) in [7, 11) is 0. The van der Waals surface area contributed by atoms with Gasteiger partial charge in [0.05, 0.1) is 28.7 Å². The van der Waals surface area contributed by atoms with E-state index in [0.29, 0.717) is 38.9 Å². The number of thioether (sulfide) groups is 1. The standard InChI is InChI=1S/C22H16F3NO3S2/c1-12(2)30-18-10-9-17-19-15(18)7-4-8-16(19)20(27)26(21(17)28)29-31-14-6-3-5-13(11-14)22(23,24)25/h3-12H,1-2H3. The zero-order valence-corrected chi connectivity index (χ0v) is 18.0. The third-order valence-corrected chi connectivity index (χ3v) is 6.31. The molecule has 4 nitrogen and oxygen atoms in total. The lowest BCUT2D eigenvalue weighted by molar-refractivity contribution is -0.137. The maximum atomic E-state index is 13.0. The molecule has 4 rings (SSSR count). The summed E-state index contributed by atoms with van der Waals surface area (Å²) in [5.41, 5.74) is -0.228. The Bertz CT molecular complexity index is 1170. The molecule has 0 saturated heterocycles. The monoisotopic (exact) mass is 463 g/mol. The predicted molar refractivity (Wildman–Crippen MR) is 114 cm³/mol. The maximum Gasteiger partial charge on any atom is 0.416 e. The smallest absolute Gasteiger partial charge is 0.266 e. The average molecular weight is 464 g/mol. The number of rotatable bonds is 5. The zero-order chi connectivity index (χ0) is 22.3. The van der Waals surface area contributed by atoms with Crippen LogP contribution in [-0.2, 0) is 10.5 Å². The predicted octanol–water partition coefficient (Wildman–Crippen LogP) is 6.59. The van der Waals surface area contributed by atoms with Crippen LogP contribution in [0.25, 0.3) is 10.8 Å². The highest BCUT2D eigenvalue weighted by Gasteiger charge is 2.35. The highest BCUT2D eigenvalue weighted by atomic mass is 32.2. The van der Waals surface area contributed by atoms with Crippen molar-refractivity contribution in [3.05, 3.63) is 71.3 Å². The Balaban J connectivity index is 1.65. The fraction of sp³-hybridized carbons (Fsp3) is 0.182. The minimum absolute atomic E-state index is 0.114. The van der Waals surface area contributed by atoms with Gasteiger partial charge in [0.2, 0.25) is 0 Å². The van der Waals surface area contributed by atoms with E-state index in [1.54, 1.807) is 30.0 Å². The van der Waals surface area contributed by atoms with Crippen LogP contribution < -0.4 is 0 Å². The number of alkyl halides is 3. The third kappa shape index (κ3) is 4.17. The molecule has 1 heterocycles. The van der Waals surface area contributed by atoms with Crippen LogP contribution in [0.2, 0.25) is 0 Å². The molecule has 1 aliphatic rings. The Labute approximate surface area is 184 Å². The second-order valence-corrected chi connectivity index (χ2v) is 9.50. The number of hydrogen-bond acceptors (Lipinski definition) is 5. The highest BCUT2D eigenvalue weighted by Crippen LogP contribution is 2.38. The van der Waals surface area contributed by atoms with Crippen molar-refractivity contribution in [2.24, 2.45) is 0 Å². The Morgan fingerprint density at radius 3 is 2.29 bits per heavy atom. The van der Waals surface area contributed by atoms with Crippen LogP contribution in [0.5, 0.6) is 0 Å². The van der Waals surface area contributed by atoms with Gasteiger partial charge in [-0.2, -0.15) is 17.5 Å². The first kappa shape index (κ1) is 21.7. The summed E-state index contributed by atoms with van der Waals surface area (Å²) in [6.07, 6.45) is -4.51. The lowest BCUT2D eigenvalue weighted by Crippen LogP contribution is -2.38. The summed E-state index contributed by atoms with van der Waals surface area (Å²) in [6, 6.07) is 13.2. The molecule has 0 saturated carbocycles. The second kappa shape index (κ2) is 8.22. The zero-order valence-electron chi connectivity index (χ0n) is 16.4. The molecule has 0 aliphatic carbocycles. The molecular weight excluding hydrogens is 447 g/mol. The lowest BCUT2D eigenvalue weighted by atomic mass is 9.95. The van der Waals surface area contributed by atoms with Crippen LogP contribution in [0.1, 0.15) is 40.1 Å².